The lowest BCUT2D eigenvalue weighted by atomic mass is 10.1. The Morgan fingerprint density at radius 1 is 1.38 bits per heavy atom. The number of Topliss-reactive ketones (excluding diaryl/α,β-unsaturated/α-hetero) is 1. The highest BCUT2D eigenvalue weighted by atomic mass is 16.2. The van der Waals surface area contributed by atoms with E-state index in [4.69, 9.17) is 0 Å². The average molecular weight is 115 g/mol. The fourth-order valence-corrected chi connectivity index (χ4v) is 0.285. The number of nitrogens with two attached hydrogens (primary N) is 1. The topological polar surface area (TPSA) is 60.2 Å². The van der Waals surface area contributed by atoms with E-state index in [-0.39, 0.29) is 5.92 Å². The lowest BCUT2D eigenvalue weighted by Crippen LogP contribution is -2.26. The molecule has 8 heavy (non-hydrogen) atoms. The summed E-state index contributed by atoms with van der Waals surface area (Å²) in [7, 11) is 0. The molecule has 0 aliphatic carbocycles. The number of carbonyl (C=O) groups is 2. The molecule has 0 saturated heterocycles. The molecule has 0 aromatic carbocycles. The fourth-order valence-electron chi connectivity index (χ4n) is 0.285. The Morgan fingerprint density at radius 2 is 1.75 bits per heavy atom. The lowest BCUT2D eigenvalue weighted by Gasteiger charge is -1.95. The summed E-state index contributed by atoms with van der Waals surface area (Å²) >= 11 is 0. The Hall–Kier alpha value is -0.860. The van der Waals surface area contributed by atoms with Crippen LogP contribution in [0.5, 0.6) is 0 Å². The zero-order valence-corrected chi connectivity index (χ0v) is 4.97. The molecule has 0 aliphatic heterocycles. The van der Waals surface area contributed by atoms with E-state index in [1.54, 1.807) is 13.8 Å². The third kappa shape index (κ3) is 1.73. The molecule has 0 bridgehead atoms. The van der Waals surface area contributed by atoms with Gasteiger partial charge in [0.15, 0.2) is 0 Å². The number of ketones is 1. The molecule has 0 spiro atoms. The van der Waals surface area contributed by atoms with Crippen molar-refractivity contribution in [1.82, 2.24) is 0 Å². The van der Waals surface area contributed by atoms with Crippen molar-refractivity contribution >= 4 is 11.7 Å². The van der Waals surface area contributed by atoms with Crippen molar-refractivity contribution in [2.24, 2.45) is 11.7 Å². The Morgan fingerprint density at radius 3 is 1.75 bits per heavy atom. The molecular formula is C5H9NO2. The minimum Gasteiger partial charge on any atom is -0.363 e. The van der Waals surface area contributed by atoms with Crippen LogP contribution >= 0.6 is 0 Å². The first-order valence-electron chi connectivity index (χ1n) is 2.39. The van der Waals surface area contributed by atoms with Crippen LogP contribution in [0.25, 0.3) is 0 Å². The highest BCUT2D eigenvalue weighted by Crippen LogP contribution is 1.90. The zero-order valence-electron chi connectivity index (χ0n) is 4.97. The number of primary amides is 1. The quantitative estimate of drug-likeness (QED) is 0.502. The molecule has 2 N–H and O–H groups in total. The normalized spacial score (nSPS) is 9.38. The molecule has 0 heterocycles. The summed E-state index contributed by atoms with van der Waals surface area (Å²) in [6.45, 7) is 3.26. The number of hydrogen-bond acceptors (Lipinski definition) is 2. The molecule has 0 atom stereocenters. The predicted molar refractivity (Wildman–Crippen MR) is 29.0 cm³/mol. The lowest BCUT2D eigenvalue weighted by molar-refractivity contribution is -0.137. The molecule has 0 rings (SSSR count). The third-order valence-electron chi connectivity index (χ3n) is 0.767. The summed E-state index contributed by atoms with van der Waals surface area (Å²) in [6, 6.07) is 0. The van der Waals surface area contributed by atoms with Gasteiger partial charge in [-0.3, -0.25) is 9.59 Å². The summed E-state index contributed by atoms with van der Waals surface area (Å²) in [5.41, 5.74) is 4.65. The second-order valence-corrected chi connectivity index (χ2v) is 1.88. The maximum Gasteiger partial charge on any atom is 0.285 e. The van der Waals surface area contributed by atoms with Crippen LogP contribution in [-0.4, -0.2) is 11.7 Å². The zero-order chi connectivity index (χ0) is 6.73. The van der Waals surface area contributed by atoms with Crippen LogP contribution in [0.3, 0.4) is 0 Å². The van der Waals surface area contributed by atoms with Crippen molar-refractivity contribution in [3.63, 3.8) is 0 Å². The molecule has 3 heteroatoms. The first-order chi connectivity index (χ1) is 3.55. The highest BCUT2D eigenvalue weighted by Gasteiger charge is 2.11. The van der Waals surface area contributed by atoms with E-state index < -0.39 is 11.7 Å². The second-order valence-electron chi connectivity index (χ2n) is 1.88. The van der Waals surface area contributed by atoms with Crippen molar-refractivity contribution < 1.29 is 9.59 Å². The maximum atomic E-state index is 10.4. The van der Waals surface area contributed by atoms with Gasteiger partial charge in [-0.05, 0) is 0 Å². The first-order valence-corrected chi connectivity index (χ1v) is 2.39. The van der Waals surface area contributed by atoms with Crippen LogP contribution in [0.4, 0.5) is 0 Å². The van der Waals surface area contributed by atoms with Crippen LogP contribution in [0.1, 0.15) is 13.8 Å². The second kappa shape index (κ2) is 2.45. The van der Waals surface area contributed by atoms with E-state index in [0.717, 1.165) is 0 Å². The smallest absolute Gasteiger partial charge is 0.285 e. The Bertz CT molecular complexity index is 118. The van der Waals surface area contributed by atoms with Crippen molar-refractivity contribution in [2.75, 3.05) is 0 Å². The van der Waals surface area contributed by atoms with Gasteiger partial charge in [-0.1, -0.05) is 13.8 Å². The molecule has 0 aliphatic rings. The van der Waals surface area contributed by atoms with E-state index in [2.05, 4.69) is 5.73 Å². The van der Waals surface area contributed by atoms with Crippen molar-refractivity contribution in [3.8, 4) is 0 Å². The molecule has 0 unspecified atom stereocenters. The fraction of sp³-hybridized carbons (Fsp3) is 0.600. The van der Waals surface area contributed by atoms with Crippen LogP contribution in [-0.2, 0) is 9.59 Å². The van der Waals surface area contributed by atoms with Gasteiger partial charge in [0.1, 0.15) is 0 Å². The van der Waals surface area contributed by atoms with Crippen LogP contribution in [0.15, 0.2) is 0 Å². The standard InChI is InChI=1S/C5H9NO2/c1-3(2)4(7)5(6)8/h3H,1-2H3,(H2,6,8). The summed E-state index contributed by atoms with van der Waals surface area (Å²) in [5.74, 6) is -1.63. The van der Waals surface area contributed by atoms with E-state index >= 15 is 0 Å². The molecule has 46 valence electrons. The molecule has 3 nitrogen and oxygen atoms in total. The van der Waals surface area contributed by atoms with Gasteiger partial charge in [-0.15, -0.1) is 0 Å². The molecule has 0 aromatic heterocycles. The van der Waals surface area contributed by atoms with Gasteiger partial charge in [-0.2, -0.15) is 0 Å². The largest absolute Gasteiger partial charge is 0.363 e. The molecule has 1 amide bonds. The number of carbonyl (C=O) groups excluding carboxylic acids is 2. The Kier molecular flexibility index (Phi) is 2.19. The van der Waals surface area contributed by atoms with Crippen LogP contribution < -0.4 is 5.73 Å². The monoisotopic (exact) mass is 115 g/mol. The molecular weight excluding hydrogens is 106 g/mol. The van der Waals surface area contributed by atoms with Crippen LogP contribution in [0.2, 0.25) is 0 Å². The number of amides is 1. The van der Waals surface area contributed by atoms with Gasteiger partial charge < -0.3 is 5.73 Å². The maximum absolute atomic E-state index is 10.4. The van der Waals surface area contributed by atoms with Gasteiger partial charge in [0.05, 0.1) is 0 Å². The average Bonchev–Trinajstić information content (AvgIpc) is 1.64. The summed E-state index contributed by atoms with van der Waals surface area (Å²) in [5, 5.41) is 0. The van der Waals surface area contributed by atoms with Crippen LogP contribution in [0, 0.1) is 5.92 Å². The Balaban J connectivity index is 3.84. The predicted octanol–water partition coefficient (Wildman–Crippen LogP) is -0.303. The number of rotatable bonds is 2. The van der Waals surface area contributed by atoms with Gasteiger partial charge in [-0.25, -0.2) is 0 Å². The van der Waals surface area contributed by atoms with Crippen molar-refractivity contribution in [2.45, 2.75) is 13.8 Å². The van der Waals surface area contributed by atoms with Gasteiger partial charge >= 0.3 is 0 Å². The summed E-state index contributed by atoms with van der Waals surface area (Å²) in [6.07, 6.45) is 0. The SMILES string of the molecule is CC(C)C(=O)C(N)=O. The minimum atomic E-state index is -0.847. The highest BCUT2D eigenvalue weighted by molar-refractivity contribution is 6.36. The number of hydrogen-bond donors (Lipinski definition) is 1. The summed E-state index contributed by atoms with van der Waals surface area (Å²) in [4.78, 5) is 20.4. The van der Waals surface area contributed by atoms with Gasteiger partial charge in [0, 0.05) is 5.92 Å². The molecule has 0 radical (unpaired) electrons. The first kappa shape index (κ1) is 7.14. The third-order valence-corrected chi connectivity index (χ3v) is 0.767. The van der Waals surface area contributed by atoms with E-state index in [1.165, 1.54) is 0 Å². The Labute approximate surface area is 47.9 Å². The van der Waals surface area contributed by atoms with E-state index in [1.807, 2.05) is 0 Å². The van der Waals surface area contributed by atoms with Crippen molar-refractivity contribution in [3.05, 3.63) is 0 Å². The van der Waals surface area contributed by atoms with Crippen molar-refractivity contribution in [1.29, 1.82) is 0 Å². The van der Waals surface area contributed by atoms with Gasteiger partial charge in [0.2, 0.25) is 5.78 Å². The molecule has 0 fully saturated rings. The van der Waals surface area contributed by atoms with E-state index in [0.29, 0.717) is 0 Å². The molecule has 0 saturated carbocycles. The molecule has 0 aromatic rings. The minimum absolute atomic E-state index is 0.271. The van der Waals surface area contributed by atoms with E-state index in [9.17, 15) is 9.59 Å². The summed E-state index contributed by atoms with van der Waals surface area (Å²) < 4.78 is 0. The van der Waals surface area contributed by atoms with Gasteiger partial charge in [0.25, 0.3) is 5.91 Å².